The van der Waals surface area contributed by atoms with E-state index in [9.17, 15) is 4.79 Å². The van der Waals surface area contributed by atoms with E-state index in [0.717, 1.165) is 6.42 Å². The van der Waals surface area contributed by atoms with Crippen LogP contribution in [0.2, 0.25) is 0 Å². The molecule has 0 aliphatic rings. The van der Waals surface area contributed by atoms with Gasteiger partial charge in [0.25, 0.3) is 0 Å². The quantitative estimate of drug-likeness (QED) is 0.626. The summed E-state index contributed by atoms with van der Waals surface area (Å²) >= 11 is 0. The van der Waals surface area contributed by atoms with E-state index in [1.165, 1.54) is 0 Å². The molecule has 0 aromatic rings. The molecule has 3 nitrogen and oxygen atoms in total. The summed E-state index contributed by atoms with van der Waals surface area (Å²) in [6.07, 6.45) is 0.943. The summed E-state index contributed by atoms with van der Waals surface area (Å²) in [6.45, 7) is 6.56. The number of hydrogen-bond acceptors (Lipinski definition) is 2. The number of carbonyl (C=O) groups excluding carboxylic acids is 1. The lowest BCUT2D eigenvalue weighted by Crippen LogP contribution is -2.44. The van der Waals surface area contributed by atoms with Gasteiger partial charge in [-0.1, -0.05) is 20.3 Å². The van der Waals surface area contributed by atoms with E-state index < -0.39 is 0 Å². The van der Waals surface area contributed by atoms with Crippen molar-refractivity contribution in [2.45, 2.75) is 33.2 Å². The summed E-state index contributed by atoms with van der Waals surface area (Å²) in [4.78, 5) is 11.1. The molecule has 3 N–H and O–H groups in total. The van der Waals surface area contributed by atoms with E-state index in [2.05, 4.69) is 5.32 Å². The topological polar surface area (TPSA) is 55.1 Å². The molecule has 3 heteroatoms. The lowest BCUT2D eigenvalue weighted by Gasteiger charge is -2.16. The van der Waals surface area contributed by atoms with Crippen molar-refractivity contribution < 1.29 is 4.79 Å². The molecule has 0 aliphatic carbocycles. The predicted octanol–water partition coefficient (Wildman–Crippen LogP) is 0.496. The fraction of sp³-hybridized carbons (Fsp3) is 0.875. The fourth-order valence-electron chi connectivity index (χ4n) is 0.804. The van der Waals surface area contributed by atoms with Crippen LogP contribution in [0.1, 0.15) is 27.2 Å². The van der Waals surface area contributed by atoms with Gasteiger partial charge in [0.05, 0.1) is 6.04 Å². The molecular formula is C8H18N2O. The normalized spacial score (nSPS) is 15.6. The second-order valence-corrected chi connectivity index (χ2v) is 2.81. The Kier molecular flexibility index (Phi) is 4.86. The third-order valence-corrected chi connectivity index (χ3v) is 1.91. The number of nitrogens with one attached hydrogen (secondary N) is 1. The third-order valence-electron chi connectivity index (χ3n) is 1.91. The Morgan fingerprint density at radius 1 is 1.55 bits per heavy atom. The van der Waals surface area contributed by atoms with Crippen LogP contribution in [0, 0.1) is 5.92 Å². The molecule has 66 valence electrons. The van der Waals surface area contributed by atoms with Gasteiger partial charge in [-0.05, 0) is 12.8 Å². The van der Waals surface area contributed by atoms with Gasteiger partial charge in [0.2, 0.25) is 5.91 Å². The lowest BCUT2D eigenvalue weighted by molar-refractivity contribution is -0.123. The third kappa shape index (κ3) is 3.37. The van der Waals surface area contributed by atoms with Gasteiger partial charge in [-0.2, -0.15) is 0 Å². The Morgan fingerprint density at radius 2 is 2.09 bits per heavy atom. The molecule has 0 rings (SSSR count). The second-order valence-electron chi connectivity index (χ2n) is 2.81. The Labute approximate surface area is 68.3 Å². The first kappa shape index (κ1) is 10.4. The summed E-state index contributed by atoms with van der Waals surface area (Å²) < 4.78 is 0. The van der Waals surface area contributed by atoms with Gasteiger partial charge in [0.1, 0.15) is 0 Å². The standard InChI is InChI=1S/C8H18N2O/c1-4-6(3)7(9)8(11)10-5-2/h6-7H,4-5,9H2,1-3H3,(H,10,11)/t6-,7-/m0/s1. The van der Waals surface area contributed by atoms with Crippen LogP contribution in [-0.4, -0.2) is 18.5 Å². The van der Waals surface area contributed by atoms with Crippen molar-refractivity contribution in [3.8, 4) is 0 Å². The minimum Gasteiger partial charge on any atom is -0.355 e. The molecule has 0 heterocycles. The van der Waals surface area contributed by atoms with Gasteiger partial charge >= 0.3 is 0 Å². The number of hydrogen-bond donors (Lipinski definition) is 2. The zero-order chi connectivity index (χ0) is 8.85. The molecule has 1 amide bonds. The summed E-state index contributed by atoms with van der Waals surface area (Å²) in [5.41, 5.74) is 5.65. The maximum Gasteiger partial charge on any atom is 0.237 e. The van der Waals surface area contributed by atoms with E-state index in [1.807, 2.05) is 20.8 Å². The number of nitrogens with two attached hydrogens (primary N) is 1. The van der Waals surface area contributed by atoms with E-state index in [0.29, 0.717) is 6.54 Å². The van der Waals surface area contributed by atoms with Gasteiger partial charge < -0.3 is 11.1 Å². The monoisotopic (exact) mass is 158 g/mol. The SMILES string of the molecule is CCNC(=O)[C@@H](N)[C@@H](C)CC. The lowest BCUT2D eigenvalue weighted by atomic mass is 9.99. The molecule has 11 heavy (non-hydrogen) atoms. The van der Waals surface area contributed by atoms with Gasteiger partial charge in [0, 0.05) is 6.54 Å². The first-order chi connectivity index (χ1) is 5.13. The smallest absolute Gasteiger partial charge is 0.237 e. The van der Waals surface area contributed by atoms with E-state index in [-0.39, 0.29) is 17.9 Å². The zero-order valence-corrected chi connectivity index (χ0v) is 7.55. The van der Waals surface area contributed by atoms with Crippen LogP contribution in [0.25, 0.3) is 0 Å². The van der Waals surface area contributed by atoms with Crippen LogP contribution >= 0.6 is 0 Å². The molecule has 0 saturated heterocycles. The van der Waals surface area contributed by atoms with E-state index >= 15 is 0 Å². The van der Waals surface area contributed by atoms with Crippen molar-refractivity contribution in [1.29, 1.82) is 0 Å². The average molecular weight is 158 g/mol. The Bertz CT molecular complexity index is 125. The Morgan fingerprint density at radius 3 is 2.45 bits per heavy atom. The first-order valence-electron chi connectivity index (χ1n) is 4.16. The molecule has 0 spiro atoms. The number of carbonyl (C=O) groups is 1. The highest BCUT2D eigenvalue weighted by Gasteiger charge is 2.17. The van der Waals surface area contributed by atoms with Gasteiger partial charge in [-0.3, -0.25) is 4.79 Å². The van der Waals surface area contributed by atoms with Crippen LogP contribution in [0.3, 0.4) is 0 Å². The van der Waals surface area contributed by atoms with Crippen LogP contribution in [0.4, 0.5) is 0 Å². The molecule has 0 aromatic carbocycles. The molecule has 0 saturated carbocycles. The van der Waals surface area contributed by atoms with Gasteiger partial charge in [0.15, 0.2) is 0 Å². The maximum absolute atomic E-state index is 11.1. The summed E-state index contributed by atoms with van der Waals surface area (Å²) in [6, 6.07) is -0.347. The van der Waals surface area contributed by atoms with Crippen LogP contribution < -0.4 is 11.1 Å². The van der Waals surface area contributed by atoms with Crippen molar-refractivity contribution in [3.05, 3.63) is 0 Å². The van der Waals surface area contributed by atoms with Crippen molar-refractivity contribution >= 4 is 5.91 Å². The van der Waals surface area contributed by atoms with Crippen LogP contribution in [0.5, 0.6) is 0 Å². The highest BCUT2D eigenvalue weighted by Crippen LogP contribution is 2.04. The maximum atomic E-state index is 11.1. The molecule has 0 bridgehead atoms. The molecular weight excluding hydrogens is 140 g/mol. The highest BCUT2D eigenvalue weighted by atomic mass is 16.2. The van der Waals surface area contributed by atoms with Crippen molar-refractivity contribution in [3.63, 3.8) is 0 Å². The van der Waals surface area contributed by atoms with Crippen molar-refractivity contribution in [1.82, 2.24) is 5.32 Å². The molecule has 0 fully saturated rings. The minimum absolute atomic E-state index is 0.0400. The van der Waals surface area contributed by atoms with Crippen LogP contribution in [-0.2, 0) is 4.79 Å². The zero-order valence-electron chi connectivity index (χ0n) is 7.55. The number of amides is 1. The van der Waals surface area contributed by atoms with Crippen molar-refractivity contribution in [2.75, 3.05) is 6.54 Å². The number of rotatable bonds is 4. The summed E-state index contributed by atoms with van der Waals surface area (Å²) in [7, 11) is 0. The van der Waals surface area contributed by atoms with Gasteiger partial charge in [-0.25, -0.2) is 0 Å². The van der Waals surface area contributed by atoms with Crippen LogP contribution in [0.15, 0.2) is 0 Å². The molecule has 0 aliphatic heterocycles. The minimum atomic E-state index is -0.347. The fourth-order valence-corrected chi connectivity index (χ4v) is 0.804. The average Bonchev–Trinajstić information content (AvgIpc) is 2.02. The molecule has 0 radical (unpaired) electrons. The first-order valence-corrected chi connectivity index (χ1v) is 4.16. The van der Waals surface area contributed by atoms with E-state index in [4.69, 9.17) is 5.73 Å². The number of likely N-dealkylation sites (N-methyl/N-ethyl adjacent to an activating group) is 1. The Hall–Kier alpha value is -0.570. The molecule has 2 atom stereocenters. The molecule has 0 aromatic heterocycles. The van der Waals surface area contributed by atoms with E-state index in [1.54, 1.807) is 0 Å². The predicted molar refractivity (Wildman–Crippen MR) is 46.1 cm³/mol. The molecule has 0 unspecified atom stereocenters. The largest absolute Gasteiger partial charge is 0.355 e. The van der Waals surface area contributed by atoms with Gasteiger partial charge in [-0.15, -0.1) is 0 Å². The second kappa shape index (κ2) is 5.13. The summed E-state index contributed by atoms with van der Waals surface area (Å²) in [5, 5.41) is 2.70. The Balaban J connectivity index is 3.80. The summed E-state index contributed by atoms with van der Waals surface area (Å²) in [5.74, 6) is 0.225. The highest BCUT2D eigenvalue weighted by molar-refractivity contribution is 5.81. The van der Waals surface area contributed by atoms with Crippen molar-refractivity contribution in [2.24, 2.45) is 11.7 Å².